The normalized spacial score (nSPS) is 16.5. The third-order valence-electron chi connectivity index (χ3n) is 8.35. The highest BCUT2D eigenvalue weighted by Crippen LogP contribution is 2.29. The second-order valence-corrected chi connectivity index (χ2v) is 14.3. The Morgan fingerprint density at radius 3 is 2.37 bits per heavy atom. The van der Waals surface area contributed by atoms with Crippen molar-refractivity contribution in [2.24, 2.45) is 16.9 Å². The van der Waals surface area contributed by atoms with E-state index in [4.69, 9.17) is 20.6 Å². The molecule has 1 heterocycles. The smallest absolute Gasteiger partial charge is 0.348 e. The van der Waals surface area contributed by atoms with E-state index in [0.29, 0.717) is 31.3 Å². The molecule has 2 aliphatic rings. The number of rotatable bonds is 13. The van der Waals surface area contributed by atoms with Crippen molar-refractivity contribution < 1.29 is 37.5 Å². The van der Waals surface area contributed by atoms with Gasteiger partial charge in [0.15, 0.2) is 0 Å². The average Bonchev–Trinajstić information content (AvgIpc) is 3.93. The lowest BCUT2D eigenvalue weighted by Gasteiger charge is -2.34. The lowest BCUT2D eigenvalue weighted by atomic mass is 9.97. The van der Waals surface area contributed by atoms with Crippen molar-refractivity contribution in [1.29, 1.82) is 0 Å². The maximum atomic E-state index is 14.1. The SMILES string of the molecule is CC(=O)O.CN(C[C@H]1CCCN(C=NN)C1)C(=O)C[C@H](NS(=O)(=O)c1ccc2ccccc2c1)C(=O)N(C(=O)NOCc1ccccc1)C1CC1. The van der Waals surface area contributed by atoms with E-state index in [-0.39, 0.29) is 17.4 Å². The van der Waals surface area contributed by atoms with Gasteiger partial charge in [0.2, 0.25) is 21.8 Å². The van der Waals surface area contributed by atoms with Crippen LogP contribution in [0.1, 0.15) is 44.6 Å². The van der Waals surface area contributed by atoms with Gasteiger partial charge in [0, 0.05) is 39.6 Å². The standard InChI is InChI=1S/C33H41N7O6S.C2H4O2/c1-38(20-25-10-7-17-39(21-25)23-35-34)31(41)19-30(37-47(44,45)29-16-13-26-11-5-6-12-27(26)18-29)32(42)40(28-14-15-28)33(43)36-46-22-24-8-3-2-4-9-24;1-2(3)4/h2-6,8-9,11-13,16,18,23,25,28,30,37H,7,10,14-15,17,19-22,34H2,1H3,(H,36,43);1H3,(H,3,4)/t25-,30+;/m1./s1. The first-order chi connectivity index (χ1) is 24.4. The number of carbonyl (C=O) groups excluding carboxylic acids is 3. The van der Waals surface area contributed by atoms with E-state index in [1.165, 1.54) is 17.0 Å². The van der Waals surface area contributed by atoms with Gasteiger partial charge in [-0.25, -0.2) is 18.7 Å². The first kappa shape index (κ1) is 38.7. The number of sulfonamides is 1. The maximum Gasteiger partial charge on any atom is 0.348 e. The topological polar surface area (TPSA) is 204 Å². The lowest BCUT2D eigenvalue weighted by molar-refractivity contribution is -0.137. The summed E-state index contributed by atoms with van der Waals surface area (Å²) in [5.41, 5.74) is 3.13. The van der Waals surface area contributed by atoms with Crippen LogP contribution in [-0.4, -0.2) is 97.1 Å². The minimum Gasteiger partial charge on any atom is -0.481 e. The molecule has 1 aliphatic heterocycles. The molecule has 3 aromatic rings. The summed E-state index contributed by atoms with van der Waals surface area (Å²) in [7, 11) is -2.66. The molecule has 5 rings (SSSR count). The Balaban J connectivity index is 0.00000138. The molecule has 3 aromatic carbocycles. The summed E-state index contributed by atoms with van der Waals surface area (Å²) in [6, 6.07) is 18.3. The fourth-order valence-electron chi connectivity index (χ4n) is 5.79. The number of carboxylic acids is 1. The van der Waals surface area contributed by atoms with E-state index >= 15 is 0 Å². The number of benzene rings is 3. The number of nitrogens with zero attached hydrogens (tertiary/aromatic N) is 4. The molecule has 1 saturated carbocycles. The number of aliphatic carboxylic acids is 1. The summed E-state index contributed by atoms with van der Waals surface area (Å²) in [5.74, 6) is 3.35. The first-order valence-electron chi connectivity index (χ1n) is 16.6. The highest BCUT2D eigenvalue weighted by Gasteiger charge is 2.42. The van der Waals surface area contributed by atoms with E-state index in [1.54, 1.807) is 31.6 Å². The molecule has 15 nitrogen and oxygen atoms in total. The van der Waals surface area contributed by atoms with Crippen molar-refractivity contribution >= 4 is 50.9 Å². The number of likely N-dealkylation sites (tertiary alicyclic amines) is 1. The van der Waals surface area contributed by atoms with Crippen molar-refractivity contribution in [3.05, 3.63) is 78.4 Å². The molecule has 51 heavy (non-hydrogen) atoms. The zero-order valence-electron chi connectivity index (χ0n) is 28.7. The Bertz CT molecular complexity index is 1800. The first-order valence-corrected chi connectivity index (χ1v) is 18.1. The van der Waals surface area contributed by atoms with Crippen LogP contribution >= 0.6 is 0 Å². The quantitative estimate of drug-likeness (QED) is 0.0879. The lowest BCUT2D eigenvalue weighted by Crippen LogP contribution is -2.55. The largest absolute Gasteiger partial charge is 0.481 e. The molecule has 4 amide bonds. The zero-order valence-corrected chi connectivity index (χ0v) is 29.5. The third kappa shape index (κ3) is 11.8. The number of hydroxylamine groups is 1. The van der Waals surface area contributed by atoms with Crippen LogP contribution in [0.3, 0.4) is 0 Å². The van der Waals surface area contributed by atoms with Gasteiger partial charge < -0.3 is 20.7 Å². The van der Waals surface area contributed by atoms with Gasteiger partial charge >= 0.3 is 6.03 Å². The molecule has 0 unspecified atom stereocenters. The minimum absolute atomic E-state index is 0.0627. The molecule has 5 N–H and O–H groups in total. The van der Waals surface area contributed by atoms with Crippen molar-refractivity contribution in [3.8, 4) is 0 Å². The number of urea groups is 1. The van der Waals surface area contributed by atoms with Crippen LogP contribution in [0.2, 0.25) is 0 Å². The summed E-state index contributed by atoms with van der Waals surface area (Å²) >= 11 is 0. The van der Waals surface area contributed by atoms with E-state index in [0.717, 1.165) is 42.2 Å². The third-order valence-corrected chi connectivity index (χ3v) is 9.82. The van der Waals surface area contributed by atoms with Gasteiger partial charge in [-0.1, -0.05) is 60.7 Å². The van der Waals surface area contributed by atoms with Crippen LogP contribution < -0.4 is 16.0 Å². The molecule has 274 valence electrons. The maximum absolute atomic E-state index is 14.1. The van der Waals surface area contributed by atoms with E-state index in [9.17, 15) is 22.8 Å². The number of nitrogens with two attached hydrogens (primary N) is 1. The van der Waals surface area contributed by atoms with Crippen LogP contribution in [0.25, 0.3) is 10.8 Å². The van der Waals surface area contributed by atoms with Crippen molar-refractivity contribution in [2.75, 3.05) is 26.7 Å². The summed E-state index contributed by atoms with van der Waals surface area (Å²) in [6.45, 7) is 3.02. The van der Waals surface area contributed by atoms with Crippen LogP contribution in [0.15, 0.2) is 82.8 Å². The van der Waals surface area contributed by atoms with Gasteiger partial charge in [-0.2, -0.15) is 9.82 Å². The Labute approximate surface area is 297 Å². The number of carboxylic acid groups (broad SMARTS) is 1. The summed E-state index contributed by atoms with van der Waals surface area (Å²) < 4.78 is 29.9. The second kappa shape index (κ2) is 18.3. The summed E-state index contributed by atoms with van der Waals surface area (Å²) in [5, 5.41) is 12.6. The number of hydrazone groups is 1. The fraction of sp³-hybridized carbons (Fsp3) is 0.400. The van der Waals surface area contributed by atoms with Gasteiger partial charge in [0.25, 0.3) is 5.97 Å². The van der Waals surface area contributed by atoms with Crippen LogP contribution in [0.5, 0.6) is 0 Å². The van der Waals surface area contributed by atoms with Gasteiger partial charge in [-0.3, -0.25) is 24.1 Å². The molecular weight excluding hydrogens is 678 g/mol. The number of carbonyl (C=O) groups is 4. The number of fused-ring (bicyclic) bond motifs is 1. The number of nitrogens with one attached hydrogen (secondary N) is 2. The van der Waals surface area contributed by atoms with E-state index < -0.39 is 52.3 Å². The fourth-order valence-corrected chi connectivity index (χ4v) is 7.01. The highest BCUT2D eigenvalue weighted by atomic mass is 32.2. The Morgan fingerprint density at radius 1 is 1.04 bits per heavy atom. The van der Waals surface area contributed by atoms with Crippen LogP contribution in [0.4, 0.5) is 4.79 Å². The number of hydrogen-bond donors (Lipinski definition) is 4. The Kier molecular flexibility index (Phi) is 13.9. The molecule has 1 saturated heterocycles. The molecule has 16 heteroatoms. The number of piperidine rings is 1. The van der Waals surface area contributed by atoms with Crippen LogP contribution in [0, 0.1) is 5.92 Å². The summed E-state index contributed by atoms with van der Waals surface area (Å²) in [6.07, 6.45) is 4.00. The van der Waals surface area contributed by atoms with Gasteiger partial charge in [0.05, 0.1) is 17.9 Å². The average molecular weight is 724 g/mol. The monoisotopic (exact) mass is 723 g/mol. The number of hydrogen-bond acceptors (Lipinski definition) is 9. The zero-order chi connectivity index (χ0) is 37.0. The molecule has 1 aliphatic carbocycles. The van der Waals surface area contributed by atoms with Gasteiger partial charge in [0.1, 0.15) is 12.4 Å². The minimum atomic E-state index is -4.29. The van der Waals surface area contributed by atoms with E-state index in [2.05, 4.69) is 15.3 Å². The molecular formula is C35H45N7O8S. The van der Waals surface area contributed by atoms with Gasteiger partial charge in [-0.05, 0) is 60.1 Å². The molecule has 0 aromatic heterocycles. The Morgan fingerprint density at radius 2 is 1.71 bits per heavy atom. The number of imide groups is 1. The van der Waals surface area contributed by atoms with Crippen molar-refractivity contribution in [1.82, 2.24) is 24.9 Å². The Hall–Kier alpha value is -5.06. The second-order valence-electron chi connectivity index (χ2n) is 12.6. The molecule has 0 bridgehead atoms. The van der Waals surface area contributed by atoms with E-state index in [1.807, 2.05) is 47.4 Å². The van der Waals surface area contributed by atoms with Crippen LogP contribution in [-0.2, 0) is 35.9 Å². The molecule has 0 radical (unpaired) electrons. The highest BCUT2D eigenvalue weighted by molar-refractivity contribution is 7.89. The predicted molar refractivity (Wildman–Crippen MR) is 190 cm³/mol. The molecule has 2 fully saturated rings. The van der Waals surface area contributed by atoms with Crippen molar-refractivity contribution in [2.45, 2.75) is 62.6 Å². The van der Waals surface area contributed by atoms with Crippen molar-refractivity contribution in [3.63, 3.8) is 0 Å². The van der Waals surface area contributed by atoms with Gasteiger partial charge in [-0.15, -0.1) is 0 Å². The number of amides is 4. The predicted octanol–water partition coefficient (Wildman–Crippen LogP) is 2.87. The molecule has 2 atom stereocenters. The molecule has 0 spiro atoms. The summed E-state index contributed by atoms with van der Waals surface area (Å²) in [4.78, 5) is 59.7.